The molecule has 5 heteroatoms. The van der Waals surface area contributed by atoms with Gasteiger partial charge in [0, 0.05) is 11.6 Å². The van der Waals surface area contributed by atoms with Gasteiger partial charge in [-0.2, -0.15) is 0 Å². The van der Waals surface area contributed by atoms with Gasteiger partial charge in [0.1, 0.15) is 6.04 Å². The maximum atomic E-state index is 12.8. The van der Waals surface area contributed by atoms with Gasteiger partial charge in [0.2, 0.25) is 0 Å². The van der Waals surface area contributed by atoms with E-state index in [0.29, 0.717) is 5.56 Å². The van der Waals surface area contributed by atoms with Crippen molar-refractivity contribution in [3.63, 3.8) is 0 Å². The van der Waals surface area contributed by atoms with E-state index in [1.165, 1.54) is 31.0 Å². The molecular formula is C16H21F2NO2. The first-order chi connectivity index (χ1) is 10.1. The fraction of sp³-hybridized carbons (Fsp3) is 0.562. The van der Waals surface area contributed by atoms with Gasteiger partial charge in [-0.3, -0.25) is 10.1 Å². The first-order valence-electron chi connectivity index (χ1n) is 7.45. The molecule has 1 aromatic carbocycles. The van der Waals surface area contributed by atoms with Crippen molar-refractivity contribution in [2.75, 3.05) is 0 Å². The summed E-state index contributed by atoms with van der Waals surface area (Å²) >= 11 is 0. The summed E-state index contributed by atoms with van der Waals surface area (Å²) in [4.78, 5) is 11.5. The normalized spacial score (nSPS) is 18.4. The fourth-order valence-corrected chi connectivity index (χ4v) is 2.87. The van der Waals surface area contributed by atoms with Gasteiger partial charge < -0.3 is 5.11 Å². The standard InChI is InChI=1S/C16H21F2NO2/c17-15(18)12-7-5-6-11(10-12)14(16(20)21)19-13-8-3-1-2-4-9-13/h5-7,10,13-15,19H,1-4,8-9H2,(H,20,21). The number of aliphatic carboxylic acids is 1. The van der Waals surface area contributed by atoms with Gasteiger partial charge >= 0.3 is 5.97 Å². The van der Waals surface area contributed by atoms with Crippen LogP contribution in [-0.4, -0.2) is 17.1 Å². The minimum Gasteiger partial charge on any atom is -0.480 e. The average molecular weight is 297 g/mol. The zero-order valence-corrected chi connectivity index (χ0v) is 11.9. The van der Waals surface area contributed by atoms with Gasteiger partial charge in [-0.25, -0.2) is 8.78 Å². The lowest BCUT2D eigenvalue weighted by molar-refractivity contribution is -0.140. The lowest BCUT2D eigenvalue weighted by Crippen LogP contribution is -2.36. The van der Waals surface area contributed by atoms with E-state index in [2.05, 4.69) is 5.32 Å². The van der Waals surface area contributed by atoms with Crippen LogP contribution in [0.4, 0.5) is 8.78 Å². The molecule has 116 valence electrons. The van der Waals surface area contributed by atoms with Crippen LogP contribution in [0.1, 0.15) is 62.1 Å². The summed E-state index contributed by atoms with van der Waals surface area (Å²) < 4.78 is 25.5. The maximum Gasteiger partial charge on any atom is 0.325 e. The molecule has 1 unspecified atom stereocenters. The Labute approximate surface area is 123 Å². The Morgan fingerprint density at radius 1 is 1.14 bits per heavy atom. The van der Waals surface area contributed by atoms with Crippen molar-refractivity contribution < 1.29 is 18.7 Å². The quantitative estimate of drug-likeness (QED) is 0.806. The minimum absolute atomic E-state index is 0.138. The number of hydrogen-bond acceptors (Lipinski definition) is 2. The predicted octanol–water partition coefficient (Wildman–Crippen LogP) is 4.06. The Hall–Kier alpha value is -1.49. The van der Waals surface area contributed by atoms with Gasteiger partial charge in [0.25, 0.3) is 6.43 Å². The molecule has 1 aliphatic rings. The van der Waals surface area contributed by atoms with Crippen LogP contribution in [0.5, 0.6) is 0 Å². The molecule has 0 aromatic heterocycles. The van der Waals surface area contributed by atoms with Gasteiger partial charge in [0.15, 0.2) is 0 Å². The second-order valence-electron chi connectivity index (χ2n) is 5.60. The number of carbonyl (C=O) groups is 1. The van der Waals surface area contributed by atoms with E-state index in [-0.39, 0.29) is 11.6 Å². The van der Waals surface area contributed by atoms with Crippen LogP contribution >= 0.6 is 0 Å². The van der Waals surface area contributed by atoms with Crippen molar-refractivity contribution in [1.29, 1.82) is 0 Å². The Morgan fingerprint density at radius 3 is 2.33 bits per heavy atom. The number of benzene rings is 1. The number of hydrogen-bond donors (Lipinski definition) is 2. The highest BCUT2D eigenvalue weighted by atomic mass is 19.3. The van der Waals surface area contributed by atoms with E-state index in [4.69, 9.17) is 0 Å². The fourth-order valence-electron chi connectivity index (χ4n) is 2.87. The van der Waals surface area contributed by atoms with E-state index in [1.54, 1.807) is 6.07 Å². The van der Waals surface area contributed by atoms with Crippen molar-refractivity contribution in [3.8, 4) is 0 Å². The maximum absolute atomic E-state index is 12.8. The van der Waals surface area contributed by atoms with Gasteiger partial charge in [-0.05, 0) is 24.5 Å². The SMILES string of the molecule is O=C(O)C(NC1CCCCCC1)c1cccc(C(F)F)c1. The van der Waals surface area contributed by atoms with Crippen LogP contribution in [0.15, 0.2) is 24.3 Å². The van der Waals surface area contributed by atoms with Crippen molar-refractivity contribution in [3.05, 3.63) is 35.4 Å². The molecule has 1 saturated carbocycles. The third kappa shape index (κ3) is 4.49. The van der Waals surface area contributed by atoms with Crippen LogP contribution in [0.3, 0.4) is 0 Å². The highest BCUT2D eigenvalue weighted by Crippen LogP contribution is 2.25. The molecule has 1 atom stereocenters. The number of rotatable bonds is 5. The van der Waals surface area contributed by atoms with Crippen LogP contribution in [0, 0.1) is 0 Å². The summed E-state index contributed by atoms with van der Waals surface area (Å²) in [6.07, 6.45) is 3.82. The molecule has 21 heavy (non-hydrogen) atoms. The Morgan fingerprint density at radius 2 is 1.76 bits per heavy atom. The summed E-state index contributed by atoms with van der Waals surface area (Å²) in [7, 11) is 0. The minimum atomic E-state index is -2.59. The Bertz CT molecular complexity index is 471. The second kappa shape index (κ2) is 7.50. The van der Waals surface area contributed by atoms with Crippen molar-refractivity contribution in [2.45, 2.75) is 57.0 Å². The van der Waals surface area contributed by atoms with Crippen LogP contribution in [0.2, 0.25) is 0 Å². The predicted molar refractivity (Wildman–Crippen MR) is 76.4 cm³/mol. The summed E-state index contributed by atoms with van der Waals surface area (Å²) in [6, 6.07) is 4.90. The molecular weight excluding hydrogens is 276 g/mol. The molecule has 2 rings (SSSR count). The number of carboxylic acid groups (broad SMARTS) is 1. The molecule has 0 amide bonds. The van der Waals surface area contributed by atoms with Crippen LogP contribution in [0.25, 0.3) is 0 Å². The second-order valence-corrected chi connectivity index (χ2v) is 5.60. The smallest absolute Gasteiger partial charge is 0.325 e. The zero-order chi connectivity index (χ0) is 15.2. The number of alkyl halides is 2. The molecule has 0 aliphatic heterocycles. The first kappa shape index (κ1) is 15.9. The molecule has 1 fully saturated rings. The molecule has 2 N–H and O–H groups in total. The van der Waals surface area contributed by atoms with Gasteiger partial charge in [-0.15, -0.1) is 0 Å². The van der Waals surface area contributed by atoms with E-state index >= 15 is 0 Å². The number of nitrogens with one attached hydrogen (secondary N) is 1. The molecule has 3 nitrogen and oxygen atoms in total. The Balaban J connectivity index is 2.14. The third-order valence-electron chi connectivity index (χ3n) is 4.00. The molecule has 0 saturated heterocycles. The summed E-state index contributed by atoms with van der Waals surface area (Å²) in [5, 5.41) is 12.5. The first-order valence-corrected chi connectivity index (χ1v) is 7.45. The summed E-state index contributed by atoms with van der Waals surface area (Å²) in [6.45, 7) is 0. The van der Waals surface area contributed by atoms with Crippen LogP contribution in [-0.2, 0) is 4.79 Å². The third-order valence-corrected chi connectivity index (χ3v) is 4.00. The molecule has 0 radical (unpaired) electrons. The largest absolute Gasteiger partial charge is 0.480 e. The van der Waals surface area contributed by atoms with Gasteiger partial charge in [-0.1, -0.05) is 43.9 Å². The highest BCUT2D eigenvalue weighted by molar-refractivity contribution is 5.75. The monoisotopic (exact) mass is 297 g/mol. The molecule has 0 heterocycles. The molecule has 0 bridgehead atoms. The summed E-state index contributed by atoms with van der Waals surface area (Å²) in [5.74, 6) is -1.02. The molecule has 1 aliphatic carbocycles. The van der Waals surface area contributed by atoms with Crippen molar-refractivity contribution in [2.24, 2.45) is 0 Å². The van der Waals surface area contributed by atoms with E-state index in [1.807, 2.05) is 0 Å². The lowest BCUT2D eigenvalue weighted by Gasteiger charge is -2.22. The molecule has 0 spiro atoms. The van der Waals surface area contributed by atoms with E-state index in [0.717, 1.165) is 25.7 Å². The Kier molecular flexibility index (Phi) is 5.67. The topological polar surface area (TPSA) is 49.3 Å². The van der Waals surface area contributed by atoms with Gasteiger partial charge in [0.05, 0.1) is 0 Å². The highest BCUT2D eigenvalue weighted by Gasteiger charge is 2.24. The van der Waals surface area contributed by atoms with E-state index < -0.39 is 18.4 Å². The van der Waals surface area contributed by atoms with E-state index in [9.17, 15) is 18.7 Å². The number of halogens is 2. The van der Waals surface area contributed by atoms with Crippen molar-refractivity contribution >= 4 is 5.97 Å². The zero-order valence-electron chi connectivity index (χ0n) is 11.9. The van der Waals surface area contributed by atoms with Crippen LogP contribution < -0.4 is 5.32 Å². The average Bonchev–Trinajstić information content (AvgIpc) is 2.73. The molecule has 1 aromatic rings. The lowest BCUT2D eigenvalue weighted by atomic mass is 10.0. The number of carboxylic acids is 1. The summed E-state index contributed by atoms with van der Waals surface area (Å²) in [5.41, 5.74) is 0.256. The van der Waals surface area contributed by atoms with Crippen molar-refractivity contribution in [1.82, 2.24) is 5.32 Å².